The fourth-order valence-electron chi connectivity index (χ4n) is 3.26. The van der Waals surface area contributed by atoms with E-state index in [-0.39, 0.29) is 0 Å². The Kier molecular flexibility index (Phi) is 2.55. The van der Waals surface area contributed by atoms with Crippen molar-refractivity contribution in [2.45, 2.75) is 32.2 Å². The van der Waals surface area contributed by atoms with Crippen LogP contribution in [0, 0.1) is 17.8 Å². The minimum absolute atomic E-state index is 0.304. The van der Waals surface area contributed by atoms with Crippen LogP contribution in [0.25, 0.3) is 11.0 Å². The Balaban J connectivity index is 1.73. The fraction of sp³-hybridized carbons (Fsp3) is 0.533. The zero-order valence-electron chi connectivity index (χ0n) is 11.2. The summed E-state index contributed by atoms with van der Waals surface area (Å²) in [6.45, 7) is 0.816. The summed E-state index contributed by atoms with van der Waals surface area (Å²) in [6.07, 6.45) is 5.28. The van der Waals surface area contributed by atoms with Gasteiger partial charge >= 0.3 is 5.97 Å². The molecule has 2 saturated carbocycles. The van der Waals surface area contributed by atoms with Gasteiger partial charge in [0.25, 0.3) is 0 Å². The van der Waals surface area contributed by atoms with Crippen molar-refractivity contribution in [3.8, 4) is 0 Å². The monoisotopic (exact) mass is 271 g/mol. The van der Waals surface area contributed by atoms with Crippen LogP contribution in [0.2, 0.25) is 0 Å². The smallest absolute Gasteiger partial charge is 0.337 e. The van der Waals surface area contributed by atoms with Gasteiger partial charge in [-0.1, -0.05) is 11.3 Å². The van der Waals surface area contributed by atoms with E-state index in [1.807, 2.05) is 10.7 Å². The normalized spacial score (nSPS) is 18.9. The van der Waals surface area contributed by atoms with Crippen LogP contribution in [-0.2, 0) is 6.54 Å². The third-order valence-electron chi connectivity index (χ3n) is 4.60. The highest BCUT2D eigenvalue weighted by molar-refractivity contribution is 6.00. The molecule has 0 radical (unpaired) electrons. The summed E-state index contributed by atoms with van der Waals surface area (Å²) in [4.78, 5) is 11.4. The first-order chi connectivity index (χ1) is 9.74. The Hall–Kier alpha value is -1.91. The highest BCUT2D eigenvalue weighted by Crippen LogP contribution is 2.50. The van der Waals surface area contributed by atoms with E-state index in [1.165, 1.54) is 25.7 Å². The van der Waals surface area contributed by atoms with E-state index in [0.717, 1.165) is 18.4 Å². The van der Waals surface area contributed by atoms with Gasteiger partial charge in [0, 0.05) is 6.54 Å². The number of fused-ring (bicyclic) bond motifs is 1. The molecule has 0 atom stereocenters. The van der Waals surface area contributed by atoms with E-state index < -0.39 is 5.97 Å². The number of carboxylic acids is 1. The molecule has 2 fully saturated rings. The highest BCUT2D eigenvalue weighted by Gasteiger charge is 2.41. The fourth-order valence-corrected chi connectivity index (χ4v) is 3.26. The molecule has 1 aromatic carbocycles. The van der Waals surface area contributed by atoms with E-state index in [4.69, 9.17) is 0 Å². The van der Waals surface area contributed by atoms with Crippen LogP contribution in [0.15, 0.2) is 18.2 Å². The van der Waals surface area contributed by atoms with Gasteiger partial charge in [0.1, 0.15) is 11.0 Å². The molecule has 2 aliphatic carbocycles. The molecule has 104 valence electrons. The van der Waals surface area contributed by atoms with Crippen molar-refractivity contribution in [1.29, 1.82) is 0 Å². The van der Waals surface area contributed by atoms with Gasteiger partial charge in [-0.3, -0.25) is 0 Å². The van der Waals surface area contributed by atoms with Crippen LogP contribution in [0.5, 0.6) is 0 Å². The van der Waals surface area contributed by atoms with Gasteiger partial charge in [0.15, 0.2) is 0 Å². The summed E-state index contributed by atoms with van der Waals surface area (Å²) in [7, 11) is 0. The maximum atomic E-state index is 11.4. The van der Waals surface area contributed by atoms with Crippen LogP contribution in [0.3, 0.4) is 0 Å². The van der Waals surface area contributed by atoms with Crippen molar-refractivity contribution in [2.75, 3.05) is 0 Å². The number of hydrogen-bond acceptors (Lipinski definition) is 3. The molecular formula is C15H17N3O2. The Morgan fingerprint density at radius 2 is 2.00 bits per heavy atom. The summed E-state index contributed by atoms with van der Waals surface area (Å²) in [5.41, 5.74) is 1.65. The van der Waals surface area contributed by atoms with Crippen molar-refractivity contribution in [3.63, 3.8) is 0 Å². The zero-order valence-corrected chi connectivity index (χ0v) is 11.2. The first-order valence-corrected chi connectivity index (χ1v) is 7.29. The Bertz CT molecular complexity index is 659. The molecule has 4 rings (SSSR count). The van der Waals surface area contributed by atoms with Gasteiger partial charge in [-0.05, 0) is 55.6 Å². The third-order valence-corrected chi connectivity index (χ3v) is 4.60. The molecule has 1 aromatic heterocycles. The molecule has 5 nitrogen and oxygen atoms in total. The molecule has 0 amide bonds. The second kappa shape index (κ2) is 4.30. The lowest BCUT2D eigenvalue weighted by atomic mass is 9.98. The third kappa shape index (κ3) is 1.97. The first-order valence-electron chi connectivity index (χ1n) is 7.29. The number of carbonyl (C=O) groups is 1. The van der Waals surface area contributed by atoms with Crippen molar-refractivity contribution in [1.82, 2.24) is 15.0 Å². The van der Waals surface area contributed by atoms with E-state index in [0.29, 0.717) is 22.5 Å². The average Bonchev–Trinajstić information content (AvgIpc) is 3.34. The van der Waals surface area contributed by atoms with Crippen molar-refractivity contribution in [2.24, 2.45) is 17.8 Å². The molecule has 20 heavy (non-hydrogen) atoms. The molecular weight excluding hydrogens is 254 g/mol. The molecule has 2 aliphatic rings. The summed E-state index contributed by atoms with van der Waals surface area (Å²) in [5.74, 6) is 1.38. The van der Waals surface area contributed by atoms with Crippen LogP contribution in [0.1, 0.15) is 36.0 Å². The van der Waals surface area contributed by atoms with Crippen LogP contribution < -0.4 is 0 Å². The second-order valence-corrected chi connectivity index (χ2v) is 6.09. The molecule has 2 aromatic rings. The lowest BCUT2D eigenvalue weighted by molar-refractivity contribution is 0.0698. The first kappa shape index (κ1) is 11.9. The summed E-state index contributed by atoms with van der Waals surface area (Å²) in [6, 6.07) is 5.19. The zero-order chi connectivity index (χ0) is 13.7. The lowest BCUT2D eigenvalue weighted by Crippen LogP contribution is -2.17. The van der Waals surface area contributed by atoms with Crippen LogP contribution in [-0.4, -0.2) is 26.1 Å². The number of nitrogens with zero attached hydrogens (tertiary/aromatic N) is 3. The molecule has 5 heteroatoms. The lowest BCUT2D eigenvalue weighted by Gasteiger charge is -2.15. The Morgan fingerprint density at radius 3 is 2.60 bits per heavy atom. The quantitative estimate of drug-likeness (QED) is 0.907. The van der Waals surface area contributed by atoms with E-state index >= 15 is 0 Å². The van der Waals surface area contributed by atoms with Crippen molar-refractivity contribution < 1.29 is 9.90 Å². The number of rotatable bonds is 5. The van der Waals surface area contributed by atoms with E-state index in [9.17, 15) is 9.90 Å². The van der Waals surface area contributed by atoms with E-state index in [1.54, 1.807) is 12.1 Å². The number of para-hydroxylation sites is 1. The molecule has 0 spiro atoms. The van der Waals surface area contributed by atoms with Gasteiger partial charge in [-0.15, -0.1) is 5.10 Å². The summed E-state index contributed by atoms with van der Waals surface area (Å²) >= 11 is 0. The van der Waals surface area contributed by atoms with E-state index in [2.05, 4.69) is 10.3 Å². The van der Waals surface area contributed by atoms with Gasteiger partial charge < -0.3 is 5.11 Å². The molecule has 0 saturated heterocycles. The topological polar surface area (TPSA) is 68.0 Å². The minimum atomic E-state index is -0.909. The van der Waals surface area contributed by atoms with Crippen LogP contribution in [0.4, 0.5) is 0 Å². The predicted octanol–water partition coefficient (Wildman–Crippen LogP) is 2.57. The van der Waals surface area contributed by atoms with Crippen LogP contribution >= 0.6 is 0 Å². The molecule has 0 aliphatic heterocycles. The highest BCUT2D eigenvalue weighted by atomic mass is 16.4. The molecule has 0 bridgehead atoms. The van der Waals surface area contributed by atoms with Gasteiger partial charge in [0.05, 0.1) is 5.56 Å². The molecule has 1 heterocycles. The second-order valence-electron chi connectivity index (χ2n) is 6.09. The largest absolute Gasteiger partial charge is 0.478 e. The maximum absolute atomic E-state index is 11.4. The van der Waals surface area contributed by atoms with Gasteiger partial charge in [-0.25, -0.2) is 9.48 Å². The number of aromatic nitrogens is 3. The minimum Gasteiger partial charge on any atom is -0.478 e. The SMILES string of the molecule is O=C(O)c1cccc2nnn(CC(C3CC3)C3CC3)c12. The number of aromatic carboxylic acids is 1. The summed E-state index contributed by atoms with van der Waals surface area (Å²) < 4.78 is 1.82. The summed E-state index contributed by atoms with van der Waals surface area (Å²) in [5, 5.41) is 17.7. The standard InChI is InChI=1S/C15H17N3O2/c19-15(20)11-2-1-3-13-14(11)18(17-16-13)8-12(9-4-5-9)10-6-7-10/h1-3,9-10,12H,4-8H2,(H,19,20). The number of benzene rings is 1. The van der Waals surface area contributed by atoms with Gasteiger partial charge in [0.2, 0.25) is 0 Å². The Labute approximate surface area is 116 Å². The molecule has 0 unspecified atom stereocenters. The average molecular weight is 271 g/mol. The van der Waals surface area contributed by atoms with Gasteiger partial charge in [-0.2, -0.15) is 0 Å². The Morgan fingerprint density at radius 1 is 1.30 bits per heavy atom. The molecule has 1 N–H and O–H groups in total. The number of carboxylic acid groups (broad SMARTS) is 1. The van der Waals surface area contributed by atoms with Crippen molar-refractivity contribution in [3.05, 3.63) is 23.8 Å². The predicted molar refractivity (Wildman–Crippen MR) is 73.4 cm³/mol. The number of hydrogen-bond donors (Lipinski definition) is 1. The van der Waals surface area contributed by atoms with Crippen molar-refractivity contribution >= 4 is 17.0 Å². The maximum Gasteiger partial charge on any atom is 0.337 e.